The highest BCUT2D eigenvalue weighted by Gasteiger charge is 2.52. The molecule has 1 aliphatic heterocycles. The van der Waals surface area contributed by atoms with Crippen LogP contribution in [-0.2, 0) is 4.79 Å². The Morgan fingerprint density at radius 3 is 2.58 bits per heavy atom. The zero-order valence-electron chi connectivity index (χ0n) is 6.99. The molecule has 0 atom stereocenters. The van der Waals surface area contributed by atoms with Crippen molar-refractivity contribution in [1.29, 1.82) is 0 Å². The third kappa shape index (κ3) is 1.05. The molecule has 1 aliphatic carbocycles. The number of amides is 1. The summed E-state index contributed by atoms with van der Waals surface area (Å²) in [5.74, 6) is 0.381. The standard InChI is InChI=1S/C9H13NO2/c1-2-8(11)10-5-9(12,6-10)7-3-4-7/h2,7,12H,1,3-6H2. The zero-order chi connectivity index (χ0) is 8.77. The second kappa shape index (κ2) is 2.33. The van der Waals surface area contributed by atoms with E-state index >= 15 is 0 Å². The van der Waals surface area contributed by atoms with Crippen LogP contribution in [0, 0.1) is 5.92 Å². The number of likely N-dealkylation sites (tertiary alicyclic amines) is 1. The molecule has 0 aromatic rings. The van der Waals surface area contributed by atoms with Crippen molar-refractivity contribution in [3.05, 3.63) is 12.7 Å². The molecule has 0 bridgehead atoms. The van der Waals surface area contributed by atoms with Crippen LogP contribution in [0.5, 0.6) is 0 Å². The Labute approximate surface area is 71.7 Å². The third-order valence-corrected chi connectivity index (χ3v) is 2.75. The molecule has 2 fully saturated rings. The molecular weight excluding hydrogens is 154 g/mol. The largest absolute Gasteiger partial charge is 0.386 e. The Kier molecular flexibility index (Phi) is 1.51. The van der Waals surface area contributed by atoms with E-state index < -0.39 is 5.60 Å². The minimum atomic E-state index is -0.557. The molecule has 1 heterocycles. The number of carbonyl (C=O) groups excluding carboxylic acids is 1. The van der Waals surface area contributed by atoms with Gasteiger partial charge in [0.2, 0.25) is 5.91 Å². The van der Waals surface area contributed by atoms with Crippen LogP contribution >= 0.6 is 0 Å². The lowest BCUT2D eigenvalue weighted by atomic mass is 9.89. The van der Waals surface area contributed by atoms with Crippen molar-refractivity contribution in [2.75, 3.05) is 13.1 Å². The predicted molar refractivity (Wildman–Crippen MR) is 44.5 cm³/mol. The highest BCUT2D eigenvalue weighted by atomic mass is 16.3. The van der Waals surface area contributed by atoms with Gasteiger partial charge < -0.3 is 10.0 Å². The van der Waals surface area contributed by atoms with Crippen molar-refractivity contribution >= 4 is 5.91 Å². The van der Waals surface area contributed by atoms with Gasteiger partial charge in [0.1, 0.15) is 5.60 Å². The summed E-state index contributed by atoms with van der Waals surface area (Å²) in [7, 11) is 0. The molecule has 0 aromatic carbocycles. The summed E-state index contributed by atoms with van der Waals surface area (Å²) in [6.07, 6.45) is 3.53. The zero-order valence-corrected chi connectivity index (χ0v) is 6.99. The van der Waals surface area contributed by atoms with E-state index in [0.29, 0.717) is 19.0 Å². The molecule has 0 spiro atoms. The normalized spacial score (nSPS) is 26.2. The van der Waals surface area contributed by atoms with Gasteiger partial charge in [-0.05, 0) is 24.8 Å². The number of hydrogen-bond donors (Lipinski definition) is 1. The molecule has 0 aromatic heterocycles. The van der Waals surface area contributed by atoms with Crippen molar-refractivity contribution < 1.29 is 9.90 Å². The van der Waals surface area contributed by atoms with Gasteiger partial charge in [-0.2, -0.15) is 0 Å². The van der Waals surface area contributed by atoms with E-state index in [1.165, 1.54) is 6.08 Å². The van der Waals surface area contributed by atoms with E-state index in [-0.39, 0.29) is 5.91 Å². The van der Waals surface area contributed by atoms with Crippen molar-refractivity contribution in [1.82, 2.24) is 4.90 Å². The van der Waals surface area contributed by atoms with Crippen LogP contribution in [0.2, 0.25) is 0 Å². The van der Waals surface area contributed by atoms with Gasteiger partial charge in [0.15, 0.2) is 0 Å². The lowest BCUT2D eigenvalue weighted by molar-refractivity contribution is -0.154. The van der Waals surface area contributed by atoms with Gasteiger partial charge in [0.25, 0.3) is 0 Å². The smallest absolute Gasteiger partial charge is 0.246 e. The Hall–Kier alpha value is -0.830. The van der Waals surface area contributed by atoms with Crippen LogP contribution in [-0.4, -0.2) is 34.6 Å². The highest BCUT2D eigenvalue weighted by molar-refractivity contribution is 5.87. The van der Waals surface area contributed by atoms with Crippen LogP contribution < -0.4 is 0 Å². The molecule has 0 unspecified atom stereocenters. The number of aliphatic hydroxyl groups is 1. The van der Waals surface area contributed by atoms with E-state index in [4.69, 9.17) is 0 Å². The molecule has 1 N–H and O–H groups in total. The van der Waals surface area contributed by atoms with Crippen molar-refractivity contribution in [2.45, 2.75) is 18.4 Å². The van der Waals surface area contributed by atoms with Crippen LogP contribution in [0.1, 0.15) is 12.8 Å². The second-order valence-corrected chi connectivity index (χ2v) is 3.78. The molecule has 0 radical (unpaired) electrons. The van der Waals surface area contributed by atoms with Gasteiger partial charge in [0, 0.05) is 0 Å². The summed E-state index contributed by atoms with van der Waals surface area (Å²) in [6.45, 7) is 4.40. The minimum absolute atomic E-state index is 0.0691. The van der Waals surface area contributed by atoms with Gasteiger partial charge in [-0.15, -0.1) is 0 Å². The van der Waals surface area contributed by atoms with Gasteiger partial charge in [-0.1, -0.05) is 6.58 Å². The molecule has 2 rings (SSSR count). The van der Waals surface area contributed by atoms with E-state index in [9.17, 15) is 9.90 Å². The maximum atomic E-state index is 11.0. The first-order chi connectivity index (χ1) is 5.65. The van der Waals surface area contributed by atoms with Gasteiger partial charge in [0.05, 0.1) is 13.1 Å². The fourth-order valence-corrected chi connectivity index (χ4v) is 1.78. The number of hydrogen-bond acceptors (Lipinski definition) is 2. The Bertz CT molecular complexity index is 227. The lowest BCUT2D eigenvalue weighted by Gasteiger charge is -2.46. The van der Waals surface area contributed by atoms with Crippen LogP contribution in [0.15, 0.2) is 12.7 Å². The van der Waals surface area contributed by atoms with Crippen molar-refractivity contribution in [3.8, 4) is 0 Å². The maximum absolute atomic E-state index is 11.0. The summed E-state index contributed by atoms with van der Waals surface area (Å²) in [5, 5.41) is 9.84. The first-order valence-electron chi connectivity index (χ1n) is 4.29. The van der Waals surface area contributed by atoms with E-state index in [1.807, 2.05) is 0 Å². The first kappa shape index (κ1) is 7.80. The second-order valence-electron chi connectivity index (χ2n) is 3.78. The topological polar surface area (TPSA) is 40.5 Å². The van der Waals surface area contributed by atoms with Crippen molar-refractivity contribution in [2.24, 2.45) is 5.92 Å². The number of rotatable bonds is 2. The summed E-state index contributed by atoms with van der Waals surface area (Å²) in [6, 6.07) is 0. The summed E-state index contributed by atoms with van der Waals surface area (Å²) in [4.78, 5) is 12.7. The molecule has 66 valence electrons. The maximum Gasteiger partial charge on any atom is 0.246 e. The van der Waals surface area contributed by atoms with Gasteiger partial charge >= 0.3 is 0 Å². The van der Waals surface area contributed by atoms with Crippen LogP contribution in [0.3, 0.4) is 0 Å². The fraction of sp³-hybridized carbons (Fsp3) is 0.667. The van der Waals surface area contributed by atoms with Crippen LogP contribution in [0.4, 0.5) is 0 Å². The van der Waals surface area contributed by atoms with E-state index in [1.54, 1.807) is 4.90 Å². The number of nitrogens with zero attached hydrogens (tertiary/aromatic N) is 1. The summed E-state index contributed by atoms with van der Waals surface area (Å²) in [5.41, 5.74) is -0.557. The molecule has 3 heteroatoms. The number of carbonyl (C=O) groups is 1. The van der Waals surface area contributed by atoms with Crippen LogP contribution in [0.25, 0.3) is 0 Å². The molecule has 2 aliphatic rings. The van der Waals surface area contributed by atoms with Gasteiger partial charge in [-0.3, -0.25) is 4.79 Å². The van der Waals surface area contributed by atoms with Gasteiger partial charge in [-0.25, -0.2) is 0 Å². The Balaban J connectivity index is 1.89. The SMILES string of the molecule is C=CC(=O)N1CC(O)(C2CC2)C1. The minimum Gasteiger partial charge on any atom is -0.386 e. The van der Waals surface area contributed by atoms with Crippen molar-refractivity contribution in [3.63, 3.8) is 0 Å². The summed E-state index contributed by atoms with van der Waals surface area (Å²) >= 11 is 0. The average molecular weight is 167 g/mol. The first-order valence-corrected chi connectivity index (χ1v) is 4.29. The molecule has 1 saturated carbocycles. The monoisotopic (exact) mass is 167 g/mol. The molecule has 1 amide bonds. The van der Waals surface area contributed by atoms with E-state index in [0.717, 1.165) is 12.8 Å². The number of β-amino-alcohol motifs (C(OH)–C–C–N with tert-alkyl or cyclic N) is 1. The average Bonchev–Trinajstić information content (AvgIpc) is 2.79. The Morgan fingerprint density at radius 1 is 1.58 bits per heavy atom. The predicted octanol–water partition coefficient (Wildman–Crippen LogP) is 0.156. The Morgan fingerprint density at radius 2 is 2.17 bits per heavy atom. The van der Waals surface area contributed by atoms with E-state index in [2.05, 4.69) is 6.58 Å². The highest BCUT2D eigenvalue weighted by Crippen LogP contribution is 2.44. The lowest BCUT2D eigenvalue weighted by Crippen LogP contribution is -2.64. The molecular formula is C9H13NO2. The summed E-state index contributed by atoms with van der Waals surface area (Å²) < 4.78 is 0. The fourth-order valence-electron chi connectivity index (χ4n) is 1.78. The molecule has 12 heavy (non-hydrogen) atoms. The molecule has 3 nitrogen and oxygen atoms in total. The quantitative estimate of drug-likeness (QED) is 0.595. The molecule has 1 saturated heterocycles. The third-order valence-electron chi connectivity index (χ3n) is 2.75.